The summed E-state index contributed by atoms with van der Waals surface area (Å²) in [5.74, 6) is -0.434. The summed E-state index contributed by atoms with van der Waals surface area (Å²) in [4.78, 5) is 12.5. The van der Waals surface area contributed by atoms with Gasteiger partial charge in [-0.15, -0.1) is 11.3 Å². The molecule has 0 bridgehead atoms. The molecule has 0 amide bonds. The maximum Gasteiger partial charge on any atom is 0.373 e. The number of thiophene rings is 1. The lowest BCUT2D eigenvalue weighted by molar-refractivity contribution is -0.175. The lowest BCUT2D eigenvalue weighted by Gasteiger charge is -2.36. The monoisotopic (exact) mass is 402 g/mol. The van der Waals surface area contributed by atoms with Gasteiger partial charge in [0.05, 0.1) is 0 Å². The van der Waals surface area contributed by atoms with Gasteiger partial charge in [-0.1, -0.05) is 30.9 Å². The van der Waals surface area contributed by atoms with Crippen molar-refractivity contribution < 1.29 is 24.1 Å². The molecule has 1 aromatic carbocycles. The zero-order valence-electron chi connectivity index (χ0n) is 16.0. The molecule has 5 nitrogen and oxygen atoms in total. The Labute approximate surface area is 169 Å². The van der Waals surface area contributed by atoms with Gasteiger partial charge in [-0.25, -0.2) is 4.79 Å². The predicted octanol–water partition coefficient (Wildman–Crippen LogP) is 4.38. The first-order chi connectivity index (χ1) is 13.7. The average Bonchev–Trinajstić information content (AvgIpc) is 3.14. The maximum absolute atomic E-state index is 12.5. The highest BCUT2D eigenvalue weighted by molar-refractivity contribution is 7.17. The van der Waals surface area contributed by atoms with Gasteiger partial charge in [0, 0.05) is 29.7 Å². The number of ether oxygens (including phenoxy) is 3. The quantitative estimate of drug-likeness (QED) is 0.498. The molecule has 1 N–H and O–H groups in total. The summed E-state index contributed by atoms with van der Waals surface area (Å²) in [6.45, 7) is 6.16. The number of rotatable bonds is 9. The van der Waals surface area contributed by atoms with Crippen molar-refractivity contribution in [3.05, 3.63) is 59.7 Å². The molecule has 1 aliphatic heterocycles. The second-order valence-electron chi connectivity index (χ2n) is 6.60. The zero-order valence-corrected chi connectivity index (χ0v) is 16.8. The summed E-state index contributed by atoms with van der Waals surface area (Å²) in [7, 11) is 0. The van der Waals surface area contributed by atoms with Crippen molar-refractivity contribution in [3.63, 3.8) is 0 Å². The molecule has 3 rings (SSSR count). The molecule has 2 heterocycles. The fourth-order valence-corrected chi connectivity index (χ4v) is 4.58. The third-order valence-corrected chi connectivity index (χ3v) is 5.80. The molecule has 150 valence electrons. The van der Waals surface area contributed by atoms with E-state index in [1.807, 2.05) is 25.1 Å². The van der Waals surface area contributed by atoms with Crippen LogP contribution < -0.4 is 0 Å². The molecule has 0 unspecified atom stereocenters. The number of carbonyl (C=O) groups excluding carboxylic acids is 1. The van der Waals surface area contributed by atoms with E-state index < -0.39 is 12.3 Å². The third kappa shape index (κ3) is 4.46. The summed E-state index contributed by atoms with van der Waals surface area (Å²) in [6, 6.07) is 8.23. The van der Waals surface area contributed by atoms with Crippen molar-refractivity contribution in [2.75, 3.05) is 19.8 Å². The molecule has 28 heavy (non-hydrogen) atoms. The highest BCUT2D eigenvalue weighted by Gasteiger charge is 2.39. The number of hydrogen-bond acceptors (Lipinski definition) is 6. The second-order valence-corrected chi connectivity index (χ2v) is 7.51. The molecule has 3 atom stereocenters. The van der Waals surface area contributed by atoms with Crippen LogP contribution in [0.1, 0.15) is 31.2 Å². The van der Waals surface area contributed by atoms with Gasteiger partial charge in [-0.3, -0.25) is 0 Å². The van der Waals surface area contributed by atoms with Crippen molar-refractivity contribution >= 4 is 27.4 Å². The van der Waals surface area contributed by atoms with Crippen LogP contribution in [0.25, 0.3) is 10.1 Å². The first-order valence-electron chi connectivity index (χ1n) is 9.54. The Bertz CT molecular complexity index is 840. The number of fused-ring (bicyclic) bond motifs is 1. The number of carbonyl (C=O) groups is 1. The zero-order chi connectivity index (χ0) is 19.9. The summed E-state index contributed by atoms with van der Waals surface area (Å²) in [5, 5.41) is 12.7. The van der Waals surface area contributed by atoms with Gasteiger partial charge >= 0.3 is 5.97 Å². The third-order valence-electron chi connectivity index (χ3n) is 4.81. The molecule has 0 fully saturated rings. The first-order valence-corrected chi connectivity index (χ1v) is 10.4. The Morgan fingerprint density at radius 2 is 2.21 bits per heavy atom. The lowest BCUT2D eigenvalue weighted by Crippen LogP contribution is -2.36. The van der Waals surface area contributed by atoms with Crippen LogP contribution in [0.3, 0.4) is 0 Å². The Kier molecular flexibility index (Phi) is 7.25. The van der Waals surface area contributed by atoms with Crippen LogP contribution in [-0.4, -0.2) is 37.2 Å². The fraction of sp³-hybridized carbons (Fsp3) is 0.409. The van der Waals surface area contributed by atoms with Crippen molar-refractivity contribution in [2.45, 2.75) is 32.0 Å². The van der Waals surface area contributed by atoms with E-state index in [4.69, 9.17) is 14.2 Å². The average molecular weight is 403 g/mol. The van der Waals surface area contributed by atoms with Gasteiger partial charge in [0.25, 0.3) is 0 Å². The molecule has 2 aromatic rings. The molecule has 6 heteroatoms. The fourth-order valence-electron chi connectivity index (χ4n) is 3.57. The Hall–Kier alpha value is -2.15. The van der Waals surface area contributed by atoms with Gasteiger partial charge in [0.1, 0.15) is 6.61 Å². The summed E-state index contributed by atoms with van der Waals surface area (Å²) in [5.41, 5.74) is 1.14. The molecule has 0 saturated carbocycles. The summed E-state index contributed by atoms with van der Waals surface area (Å²) < 4.78 is 18.1. The number of aliphatic hydroxyl groups is 1. The van der Waals surface area contributed by atoms with E-state index in [1.165, 1.54) is 16.2 Å². The molecular weight excluding hydrogens is 376 g/mol. The van der Waals surface area contributed by atoms with E-state index in [-0.39, 0.29) is 30.8 Å². The summed E-state index contributed by atoms with van der Waals surface area (Å²) in [6.07, 6.45) is 4.16. The van der Waals surface area contributed by atoms with Crippen LogP contribution >= 0.6 is 11.3 Å². The van der Waals surface area contributed by atoms with Crippen LogP contribution in [0, 0.1) is 5.92 Å². The number of allylic oxidation sites excluding steroid dienone is 1. The van der Waals surface area contributed by atoms with Crippen molar-refractivity contribution in [3.8, 4) is 0 Å². The van der Waals surface area contributed by atoms with E-state index in [1.54, 1.807) is 11.3 Å². The molecule has 1 aliphatic rings. The van der Waals surface area contributed by atoms with E-state index in [0.29, 0.717) is 13.0 Å². The van der Waals surface area contributed by atoms with Crippen molar-refractivity contribution in [1.82, 2.24) is 0 Å². The highest BCUT2D eigenvalue weighted by atomic mass is 32.1. The SMILES string of the molecule is C=CCOC(=O)C1=C[C@H](c2csc3ccccc23)[C@H](CCCO)[C@H](OCC)O1. The first kappa shape index (κ1) is 20.6. The van der Waals surface area contributed by atoms with Crippen molar-refractivity contribution in [2.24, 2.45) is 5.92 Å². The Morgan fingerprint density at radius 1 is 1.39 bits per heavy atom. The topological polar surface area (TPSA) is 65.0 Å². The van der Waals surface area contributed by atoms with E-state index >= 15 is 0 Å². The molecule has 0 aliphatic carbocycles. The predicted molar refractivity (Wildman–Crippen MR) is 110 cm³/mol. The largest absolute Gasteiger partial charge is 0.457 e. The van der Waals surface area contributed by atoms with Gasteiger partial charge in [0.2, 0.25) is 12.0 Å². The number of aliphatic hydroxyl groups excluding tert-OH is 1. The van der Waals surface area contributed by atoms with Crippen LogP contribution in [0.5, 0.6) is 0 Å². The minimum Gasteiger partial charge on any atom is -0.457 e. The second kappa shape index (κ2) is 9.87. The highest BCUT2D eigenvalue weighted by Crippen LogP contribution is 2.43. The standard InChI is InChI=1S/C22H26O5S/c1-3-12-26-21(24)19-13-17(16(9-7-11-23)22(27-19)25-4-2)18-14-28-20-10-6-5-8-15(18)20/h3,5-6,8,10,13-14,16-17,22-23H,1,4,7,9,11-12H2,2H3/t16-,17-,22+/m0/s1. The number of esters is 1. The smallest absolute Gasteiger partial charge is 0.373 e. The van der Waals surface area contributed by atoms with Crippen LogP contribution in [-0.2, 0) is 19.0 Å². The normalized spacial score (nSPS) is 21.8. The maximum atomic E-state index is 12.5. The minimum absolute atomic E-state index is 0.0129. The molecule has 0 spiro atoms. The van der Waals surface area contributed by atoms with Crippen molar-refractivity contribution in [1.29, 1.82) is 0 Å². The van der Waals surface area contributed by atoms with Crippen LogP contribution in [0.15, 0.2) is 54.1 Å². The van der Waals surface area contributed by atoms with E-state index in [2.05, 4.69) is 24.1 Å². The summed E-state index contributed by atoms with van der Waals surface area (Å²) >= 11 is 1.68. The minimum atomic E-state index is -0.573. The van der Waals surface area contributed by atoms with Crippen LogP contribution in [0.4, 0.5) is 0 Å². The van der Waals surface area contributed by atoms with Gasteiger partial charge in [0.15, 0.2) is 0 Å². The lowest BCUT2D eigenvalue weighted by atomic mass is 9.80. The Balaban J connectivity index is 2.02. The van der Waals surface area contributed by atoms with Crippen LogP contribution in [0.2, 0.25) is 0 Å². The molecular formula is C22H26O5S. The number of benzene rings is 1. The Morgan fingerprint density at radius 3 is 2.96 bits per heavy atom. The van der Waals surface area contributed by atoms with Gasteiger partial charge in [-0.2, -0.15) is 0 Å². The van der Waals surface area contributed by atoms with E-state index in [0.717, 1.165) is 12.0 Å². The van der Waals surface area contributed by atoms with Gasteiger partial charge in [-0.05, 0) is 48.2 Å². The molecule has 0 radical (unpaired) electrons. The van der Waals surface area contributed by atoms with E-state index in [9.17, 15) is 9.90 Å². The number of hydrogen-bond donors (Lipinski definition) is 1. The molecule has 1 aromatic heterocycles. The van der Waals surface area contributed by atoms with Gasteiger partial charge < -0.3 is 19.3 Å². The molecule has 0 saturated heterocycles.